The van der Waals surface area contributed by atoms with Gasteiger partial charge in [-0.1, -0.05) is 6.08 Å². The first-order valence-corrected chi connectivity index (χ1v) is 3.15. The summed E-state index contributed by atoms with van der Waals surface area (Å²) in [6, 6.07) is 0. The van der Waals surface area contributed by atoms with Gasteiger partial charge >= 0.3 is 0 Å². The number of hydrogen-bond donors (Lipinski definition) is 0. The minimum absolute atomic E-state index is 0.0708. The van der Waals surface area contributed by atoms with Crippen LogP contribution in [0.25, 0.3) is 0 Å². The molecule has 12 heavy (non-hydrogen) atoms. The van der Waals surface area contributed by atoms with Gasteiger partial charge in [0, 0.05) is 5.97 Å². The smallest absolute Gasteiger partial charge is 0.200 e. The molecule has 0 amide bonds. The van der Waals surface area contributed by atoms with Gasteiger partial charge in [0.15, 0.2) is 0 Å². The fourth-order valence-electron chi connectivity index (χ4n) is 0.460. The van der Waals surface area contributed by atoms with E-state index in [-0.39, 0.29) is 12.8 Å². The fourth-order valence-corrected chi connectivity index (χ4v) is 0.460. The van der Waals surface area contributed by atoms with Gasteiger partial charge in [0.05, 0.1) is 0 Å². The summed E-state index contributed by atoms with van der Waals surface area (Å²) in [5.41, 5.74) is 0. The number of allylic oxidation sites excluding steroid dienone is 1. The second kappa shape index (κ2) is 5.06. The standard InChI is InChI=1S/C7H8O5/c8-5(7(11)12)3-1-2-4-6(9)10/h1,3H,2,4H2,(H,9,10)(H,11,12)/p-2. The highest BCUT2D eigenvalue weighted by Crippen LogP contribution is 1.88. The topological polar surface area (TPSA) is 97.3 Å². The van der Waals surface area contributed by atoms with Crippen LogP contribution in [0.5, 0.6) is 0 Å². The third kappa shape index (κ3) is 5.16. The molecule has 0 saturated heterocycles. The van der Waals surface area contributed by atoms with E-state index in [9.17, 15) is 24.6 Å². The second-order valence-electron chi connectivity index (χ2n) is 1.96. The zero-order chi connectivity index (χ0) is 9.56. The fraction of sp³-hybridized carbons (Fsp3) is 0.286. The first-order chi connectivity index (χ1) is 5.54. The van der Waals surface area contributed by atoms with Crippen molar-refractivity contribution >= 4 is 17.7 Å². The van der Waals surface area contributed by atoms with Gasteiger partial charge in [0.2, 0.25) is 5.78 Å². The molecule has 0 spiro atoms. The van der Waals surface area contributed by atoms with Gasteiger partial charge in [-0.05, 0) is 18.9 Å². The Morgan fingerprint density at radius 2 is 1.75 bits per heavy atom. The van der Waals surface area contributed by atoms with Crippen molar-refractivity contribution in [2.24, 2.45) is 0 Å². The van der Waals surface area contributed by atoms with Crippen molar-refractivity contribution in [2.75, 3.05) is 0 Å². The molecule has 0 atom stereocenters. The van der Waals surface area contributed by atoms with E-state index >= 15 is 0 Å². The number of carbonyl (C=O) groups is 3. The Hall–Kier alpha value is -1.65. The molecule has 66 valence electrons. The first-order valence-electron chi connectivity index (χ1n) is 3.15. The number of rotatable bonds is 5. The normalized spacial score (nSPS) is 10.0. The summed E-state index contributed by atoms with van der Waals surface area (Å²) in [4.78, 5) is 29.9. The number of aliphatic carboxylic acids is 2. The third-order valence-corrected chi connectivity index (χ3v) is 0.986. The van der Waals surface area contributed by atoms with E-state index in [1.54, 1.807) is 0 Å². The van der Waals surface area contributed by atoms with Gasteiger partial charge < -0.3 is 19.8 Å². The molecular weight excluding hydrogens is 164 g/mol. The van der Waals surface area contributed by atoms with Crippen LogP contribution in [0.1, 0.15) is 12.8 Å². The zero-order valence-corrected chi connectivity index (χ0v) is 6.11. The lowest BCUT2D eigenvalue weighted by molar-refractivity contribution is -0.305. The molecule has 0 aliphatic carbocycles. The number of hydrogen-bond acceptors (Lipinski definition) is 5. The monoisotopic (exact) mass is 170 g/mol. The van der Waals surface area contributed by atoms with Crippen molar-refractivity contribution < 1.29 is 24.6 Å². The van der Waals surface area contributed by atoms with Crippen LogP contribution in [-0.4, -0.2) is 17.7 Å². The maximum Gasteiger partial charge on any atom is 0.200 e. The van der Waals surface area contributed by atoms with E-state index in [0.717, 1.165) is 12.2 Å². The average Bonchev–Trinajstić information content (AvgIpc) is 1.97. The quantitative estimate of drug-likeness (QED) is 0.332. The lowest BCUT2D eigenvalue weighted by atomic mass is 10.2. The predicted octanol–water partition coefficient (Wildman–Crippen LogP) is -2.61. The molecule has 0 fully saturated rings. The second-order valence-corrected chi connectivity index (χ2v) is 1.96. The molecule has 0 saturated carbocycles. The molecule has 5 heteroatoms. The van der Waals surface area contributed by atoms with E-state index in [4.69, 9.17) is 0 Å². The molecule has 0 unspecified atom stereocenters. The SMILES string of the molecule is O=C([O-])CCC=CC(=O)C(=O)[O-]. The summed E-state index contributed by atoms with van der Waals surface area (Å²) in [6.07, 6.45) is 1.74. The lowest BCUT2D eigenvalue weighted by Crippen LogP contribution is -2.30. The minimum Gasteiger partial charge on any atom is -0.550 e. The summed E-state index contributed by atoms with van der Waals surface area (Å²) in [5, 5.41) is 19.6. The molecule has 0 bridgehead atoms. The van der Waals surface area contributed by atoms with Crippen molar-refractivity contribution in [2.45, 2.75) is 12.8 Å². The number of carbonyl (C=O) groups excluding carboxylic acids is 3. The summed E-state index contributed by atoms with van der Waals surface area (Å²) < 4.78 is 0. The highest BCUT2D eigenvalue weighted by atomic mass is 16.4. The zero-order valence-electron chi connectivity index (χ0n) is 6.11. The molecule has 5 nitrogen and oxygen atoms in total. The van der Waals surface area contributed by atoms with Crippen LogP contribution in [0.4, 0.5) is 0 Å². The number of carboxylic acid groups (broad SMARTS) is 2. The van der Waals surface area contributed by atoms with Crippen LogP contribution in [-0.2, 0) is 14.4 Å². The molecule has 0 aromatic carbocycles. The maximum absolute atomic E-state index is 10.3. The number of ketones is 1. The molecule has 0 aliphatic heterocycles. The molecule has 0 aromatic heterocycles. The molecule has 0 aliphatic rings. The Morgan fingerprint density at radius 3 is 2.17 bits per heavy atom. The maximum atomic E-state index is 10.3. The van der Waals surface area contributed by atoms with E-state index in [1.165, 1.54) is 0 Å². The molecule has 0 rings (SSSR count). The van der Waals surface area contributed by atoms with Crippen molar-refractivity contribution in [1.29, 1.82) is 0 Å². The summed E-state index contributed by atoms with van der Waals surface area (Å²) >= 11 is 0. The Morgan fingerprint density at radius 1 is 1.17 bits per heavy atom. The Kier molecular flexibility index (Phi) is 4.36. The van der Waals surface area contributed by atoms with Crippen molar-refractivity contribution in [3.63, 3.8) is 0 Å². The molecule has 0 radical (unpaired) electrons. The van der Waals surface area contributed by atoms with Crippen LogP contribution in [0.3, 0.4) is 0 Å². The first kappa shape index (κ1) is 10.3. The third-order valence-electron chi connectivity index (χ3n) is 0.986. The van der Waals surface area contributed by atoms with Gasteiger partial charge in [0.25, 0.3) is 0 Å². The summed E-state index contributed by atoms with van der Waals surface area (Å²) in [5.74, 6) is -4.23. The molecule has 0 N–H and O–H groups in total. The summed E-state index contributed by atoms with van der Waals surface area (Å²) in [7, 11) is 0. The van der Waals surface area contributed by atoms with E-state index in [0.29, 0.717) is 0 Å². The van der Waals surface area contributed by atoms with Crippen molar-refractivity contribution in [1.82, 2.24) is 0 Å². The lowest BCUT2D eigenvalue weighted by Gasteiger charge is -1.96. The largest absolute Gasteiger partial charge is 0.550 e. The molecule has 0 heterocycles. The van der Waals surface area contributed by atoms with Crippen LogP contribution >= 0.6 is 0 Å². The summed E-state index contributed by atoms with van der Waals surface area (Å²) in [6.45, 7) is 0. The van der Waals surface area contributed by atoms with Crippen molar-refractivity contribution in [3.05, 3.63) is 12.2 Å². The molecular formula is C7H6O5-2. The van der Waals surface area contributed by atoms with E-state index in [1.807, 2.05) is 0 Å². The predicted molar refractivity (Wildman–Crippen MR) is 33.4 cm³/mol. The van der Waals surface area contributed by atoms with Crippen molar-refractivity contribution in [3.8, 4) is 0 Å². The number of carboxylic acids is 2. The van der Waals surface area contributed by atoms with Gasteiger partial charge in [-0.2, -0.15) is 0 Å². The molecule has 0 aromatic rings. The Bertz CT molecular complexity index is 228. The Labute approximate surface area is 68.3 Å². The van der Waals surface area contributed by atoms with Crippen LogP contribution in [0.15, 0.2) is 12.2 Å². The van der Waals surface area contributed by atoms with E-state index < -0.39 is 17.7 Å². The van der Waals surface area contributed by atoms with Crippen LogP contribution in [0, 0.1) is 0 Å². The van der Waals surface area contributed by atoms with Gasteiger partial charge in [-0.15, -0.1) is 0 Å². The van der Waals surface area contributed by atoms with Gasteiger partial charge in [-0.25, -0.2) is 0 Å². The average molecular weight is 170 g/mol. The van der Waals surface area contributed by atoms with Crippen LogP contribution < -0.4 is 10.2 Å². The van der Waals surface area contributed by atoms with Crippen LogP contribution in [0.2, 0.25) is 0 Å². The minimum atomic E-state index is -1.81. The van der Waals surface area contributed by atoms with Gasteiger partial charge in [0.1, 0.15) is 5.97 Å². The van der Waals surface area contributed by atoms with E-state index in [2.05, 4.69) is 0 Å². The highest BCUT2D eigenvalue weighted by molar-refractivity contribution is 6.36. The Balaban J connectivity index is 3.70. The highest BCUT2D eigenvalue weighted by Gasteiger charge is 1.93. The van der Waals surface area contributed by atoms with Gasteiger partial charge in [-0.3, -0.25) is 4.79 Å².